The van der Waals surface area contributed by atoms with E-state index in [0.29, 0.717) is 0 Å². The molecule has 1 N–H and O–H groups in total. The second kappa shape index (κ2) is 8.12. The highest BCUT2D eigenvalue weighted by atomic mass is 127. The third-order valence-corrected chi connectivity index (χ3v) is 3.83. The van der Waals surface area contributed by atoms with Gasteiger partial charge in [0, 0.05) is 25.9 Å². The molecule has 104 valence electrons. The highest BCUT2D eigenvalue weighted by molar-refractivity contribution is 14.1. The molecule has 1 heterocycles. The molecule has 0 aromatic rings. The van der Waals surface area contributed by atoms with Crippen LogP contribution < -0.4 is 0 Å². The zero-order chi connectivity index (χ0) is 13.5. The molecule has 1 aliphatic heterocycles. The van der Waals surface area contributed by atoms with Crippen molar-refractivity contribution in [2.24, 2.45) is 5.92 Å². The number of carbonyl (C=O) groups excluding carboxylic acids is 1. The molecule has 18 heavy (non-hydrogen) atoms. The fourth-order valence-electron chi connectivity index (χ4n) is 2.40. The summed E-state index contributed by atoms with van der Waals surface area (Å²) in [6.45, 7) is 3.13. The number of hydrogen-bond donors (Lipinski definition) is 1. The summed E-state index contributed by atoms with van der Waals surface area (Å²) in [6, 6.07) is 0. The first kappa shape index (κ1) is 15.9. The molecular weight excluding hydrogens is 345 g/mol. The first-order chi connectivity index (χ1) is 8.54. The molecule has 3 unspecified atom stereocenters. The molecule has 1 aliphatic rings. The highest BCUT2D eigenvalue weighted by Gasteiger charge is 2.34. The van der Waals surface area contributed by atoms with Crippen molar-refractivity contribution in [2.75, 3.05) is 20.1 Å². The first-order valence-corrected chi connectivity index (χ1v) is 7.58. The van der Waals surface area contributed by atoms with Crippen molar-refractivity contribution >= 4 is 28.6 Å². The van der Waals surface area contributed by atoms with Gasteiger partial charge in [0.05, 0.1) is 6.10 Å². The van der Waals surface area contributed by atoms with Crippen molar-refractivity contribution in [3.63, 3.8) is 0 Å². The van der Waals surface area contributed by atoms with Crippen LogP contribution in [0.4, 0.5) is 0 Å². The van der Waals surface area contributed by atoms with Crippen molar-refractivity contribution in [2.45, 2.75) is 38.4 Å². The minimum atomic E-state index is -0.412. The maximum Gasteiger partial charge on any atom is 0.302 e. The number of allylic oxidation sites excluding steroid dienone is 1. The van der Waals surface area contributed by atoms with Crippen LogP contribution in [0.5, 0.6) is 0 Å². The van der Waals surface area contributed by atoms with E-state index in [1.807, 2.05) is 17.2 Å². The molecule has 1 fully saturated rings. The molecule has 0 bridgehead atoms. The van der Waals surface area contributed by atoms with Gasteiger partial charge in [0.2, 0.25) is 0 Å². The minimum Gasteiger partial charge on any atom is -0.462 e. The second-order valence-corrected chi connectivity index (χ2v) is 5.59. The van der Waals surface area contributed by atoms with Gasteiger partial charge >= 0.3 is 5.97 Å². The molecule has 0 amide bonds. The average Bonchev–Trinajstić information content (AvgIpc) is 2.31. The van der Waals surface area contributed by atoms with Crippen LogP contribution in [0.2, 0.25) is 0 Å². The Kier molecular flexibility index (Phi) is 7.18. The Morgan fingerprint density at radius 3 is 3.00 bits per heavy atom. The van der Waals surface area contributed by atoms with Crippen LogP contribution in [-0.4, -0.2) is 48.3 Å². The summed E-state index contributed by atoms with van der Waals surface area (Å²) in [6.07, 6.45) is 3.87. The van der Waals surface area contributed by atoms with Gasteiger partial charge in [0.25, 0.3) is 0 Å². The summed E-state index contributed by atoms with van der Waals surface area (Å²) in [4.78, 5) is 13.3. The molecule has 5 heteroatoms. The third-order valence-electron chi connectivity index (χ3n) is 3.33. The molecule has 0 aromatic heterocycles. The lowest BCUT2D eigenvalue weighted by Gasteiger charge is -2.38. The van der Waals surface area contributed by atoms with Crippen LogP contribution in [0.3, 0.4) is 0 Å². The van der Waals surface area contributed by atoms with E-state index < -0.39 is 6.10 Å². The predicted molar refractivity (Wildman–Crippen MR) is 79.6 cm³/mol. The number of rotatable bonds is 5. The standard InChI is InChI=1S/C13H22INO3/c1-10(16)18-13-6-8-15(2)9-11(13)12(17)5-3-4-7-14/h4,7,11-13,17H,3,5-6,8-9H2,1-2H3/b7-4+. The number of aliphatic hydroxyl groups excluding tert-OH is 1. The molecule has 0 aliphatic carbocycles. The number of ether oxygens (including phenoxy) is 1. The lowest BCUT2D eigenvalue weighted by atomic mass is 9.87. The van der Waals surface area contributed by atoms with Crippen LogP contribution >= 0.6 is 22.6 Å². The molecule has 0 saturated carbocycles. The largest absolute Gasteiger partial charge is 0.462 e. The first-order valence-electron chi connectivity index (χ1n) is 6.33. The number of piperidine rings is 1. The van der Waals surface area contributed by atoms with E-state index >= 15 is 0 Å². The summed E-state index contributed by atoms with van der Waals surface area (Å²) in [5.41, 5.74) is 0. The number of esters is 1. The molecule has 0 aromatic carbocycles. The van der Waals surface area contributed by atoms with Gasteiger partial charge in [0.1, 0.15) is 6.10 Å². The van der Waals surface area contributed by atoms with Crippen LogP contribution in [0, 0.1) is 5.92 Å². The number of hydrogen-bond acceptors (Lipinski definition) is 4. The Morgan fingerprint density at radius 1 is 1.67 bits per heavy atom. The Bertz CT molecular complexity index is 296. The van der Waals surface area contributed by atoms with E-state index in [0.717, 1.165) is 32.4 Å². The van der Waals surface area contributed by atoms with Gasteiger partial charge in [-0.25, -0.2) is 0 Å². The Labute approximate surface area is 123 Å². The van der Waals surface area contributed by atoms with Gasteiger partial charge in [-0.05, 0) is 30.4 Å². The summed E-state index contributed by atoms with van der Waals surface area (Å²) in [5.74, 6) is -0.232. The van der Waals surface area contributed by atoms with E-state index in [2.05, 4.69) is 27.5 Å². The van der Waals surface area contributed by atoms with Crippen molar-refractivity contribution in [3.05, 3.63) is 10.2 Å². The van der Waals surface area contributed by atoms with Gasteiger partial charge in [-0.15, -0.1) is 0 Å². The molecule has 3 atom stereocenters. The highest BCUT2D eigenvalue weighted by Crippen LogP contribution is 2.25. The monoisotopic (exact) mass is 367 g/mol. The normalized spacial score (nSPS) is 27.3. The number of halogens is 1. The van der Waals surface area contributed by atoms with Crippen molar-refractivity contribution in [1.29, 1.82) is 0 Å². The molecule has 0 spiro atoms. The van der Waals surface area contributed by atoms with Crippen molar-refractivity contribution < 1.29 is 14.6 Å². The summed E-state index contributed by atoms with van der Waals surface area (Å²) in [5, 5.41) is 10.2. The van der Waals surface area contributed by atoms with Gasteiger partial charge in [-0.1, -0.05) is 28.7 Å². The lowest BCUT2D eigenvalue weighted by molar-refractivity contribution is -0.155. The SMILES string of the molecule is CC(=O)OC1CCN(C)CC1C(O)CC/C=C/I. The predicted octanol–water partition coefficient (Wildman–Crippen LogP) is 1.96. The third kappa shape index (κ3) is 5.24. The van der Waals surface area contributed by atoms with E-state index in [4.69, 9.17) is 4.74 Å². The summed E-state index contributed by atoms with van der Waals surface area (Å²) >= 11 is 2.17. The number of aliphatic hydroxyl groups is 1. The molecule has 0 radical (unpaired) electrons. The molecule has 1 saturated heterocycles. The Morgan fingerprint density at radius 2 is 2.39 bits per heavy atom. The maximum absolute atomic E-state index is 11.1. The summed E-state index contributed by atoms with van der Waals surface area (Å²) < 4.78 is 7.29. The zero-order valence-electron chi connectivity index (χ0n) is 11.0. The number of likely N-dealkylation sites (tertiary alicyclic amines) is 1. The second-order valence-electron chi connectivity index (χ2n) is 4.87. The number of nitrogens with zero attached hydrogens (tertiary/aromatic N) is 1. The topological polar surface area (TPSA) is 49.8 Å². The molecule has 1 rings (SSSR count). The fraction of sp³-hybridized carbons (Fsp3) is 0.769. The van der Waals surface area contributed by atoms with Gasteiger partial charge < -0.3 is 14.7 Å². The van der Waals surface area contributed by atoms with E-state index in [1.54, 1.807) is 0 Å². The summed E-state index contributed by atoms with van der Waals surface area (Å²) in [7, 11) is 2.04. The maximum atomic E-state index is 11.1. The van der Waals surface area contributed by atoms with Crippen molar-refractivity contribution in [3.8, 4) is 0 Å². The van der Waals surface area contributed by atoms with E-state index in [1.165, 1.54) is 6.92 Å². The van der Waals surface area contributed by atoms with Gasteiger partial charge in [-0.3, -0.25) is 4.79 Å². The average molecular weight is 367 g/mol. The smallest absolute Gasteiger partial charge is 0.302 e. The minimum absolute atomic E-state index is 0.0234. The Balaban J connectivity index is 2.56. The van der Waals surface area contributed by atoms with Gasteiger partial charge in [-0.2, -0.15) is 0 Å². The Hall–Kier alpha value is -0.140. The van der Waals surface area contributed by atoms with Gasteiger partial charge in [0.15, 0.2) is 0 Å². The van der Waals surface area contributed by atoms with Crippen LogP contribution in [0.1, 0.15) is 26.2 Å². The van der Waals surface area contributed by atoms with Crippen LogP contribution in [-0.2, 0) is 9.53 Å². The molecular formula is C13H22INO3. The fourth-order valence-corrected chi connectivity index (χ4v) is 2.76. The number of carbonyl (C=O) groups is 1. The van der Waals surface area contributed by atoms with E-state index in [9.17, 15) is 9.90 Å². The zero-order valence-corrected chi connectivity index (χ0v) is 13.2. The van der Waals surface area contributed by atoms with E-state index in [-0.39, 0.29) is 18.0 Å². The quantitative estimate of drug-likeness (QED) is 0.596. The van der Waals surface area contributed by atoms with Crippen molar-refractivity contribution in [1.82, 2.24) is 4.90 Å². The van der Waals surface area contributed by atoms with Crippen LogP contribution in [0.25, 0.3) is 0 Å². The molecule has 4 nitrogen and oxygen atoms in total. The lowest BCUT2D eigenvalue weighted by Crippen LogP contribution is -2.48. The van der Waals surface area contributed by atoms with Crippen LogP contribution in [0.15, 0.2) is 10.2 Å².